The Bertz CT molecular complexity index is 568. The van der Waals surface area contributed by atoms with Gasteiger partial charge in [-0.25, -0.2) is 0 Å². The SMILES string of the molecule is CC1(C)CC(c2ccc3cn[nH]c3c2)=NO1. The van der Waals surface area contributed by atoms with Crippen LogP contribution < -0.4 is 0 Å². The van der Waals surface area contributed by atoms with Gasteiger partial charge in [0.05, 0.1) is 17.4 Å². The number of nitrogens with one attached hydrogen (secondary N) is 1. The third kappa shape index (κ3) is 1.46. The van der Waals surface area contributed by atoms with Crippen molar-refractivity contribution in [3.05, 3.63) is 30.0 Å². The van der Waals surface area contributed by atoms with Crippen molar-refractivity contribution < 1.29 is 4.84 Å². The van der Waals surface area contributed by atoms with Crippen LogP contribution in [-0.4, -0.2) is 21.5 Å². The normalized spacial score (nSPS) is 18.5. The predicted octanol–water partition coefficient (Wildman–Crippen LogP) is 2.47. The molecule has 1 aliphatic heterocycles. The Balaban J connectivity index is 2.01. The predicted molar refractivity (Wildman–Crippen MR) is 62.4 cm³/mol. The summed E-state index contributed by atoms with van der Waals surface area (Å²) < 4.78 is 0. The van der Waals surface area contributed by atoms with Crippen molar-refractivity contribution in [2.45, 2.75) is 25.9 Å². The van der Waals surface area contributed by atoms with Crippen molar-refractivity contribution >= 4 is 16.6 Å². The Labute approximate surface area is 93.3 Å². The number of oxime groups is 1. The van der Waals surface area contributed by atoms with E-state index in [2.05, 4.69) is 27.5 Å². The van der Waals surface area contributed by atoms with Gasteiger partial charge in [-0.2, -0.15) is 5.10 Å². The van der Waals surface area contributed by atoms with Crippen LogP contribution >= 0.6 is 0 Å². The quantitative estimate of drug-likeness (QED) is 0.794. The van der Waals surface area contributed by atoms with Gasteiger partial charge in [0.2, 0.25) is 0 Å². The first kappa shape index (κ1) is 9.39. The number of H-pyrrole nitrogens is 1. The van der Waals surface area contributed by atoms with Crippen molar-refractivity contribution in [2.24, 2.45) is 5.16 Å². The third-order valence-corrected chi connectivity index (χ3v) is 2.77. The van der Waals surface area contributed by atoms with Crippen molar-refractivity contribution in [3.63, 3.8) is 0 Å². The fourth-order valence-corrected chi connectivity index (χ4v) is 1.92. The first-order chi connectivity index (χ1) is 7.64. The van der Waals surface area contributed by atoms with Crippen molar-refractivity contribution in [3.8, 4) is 0 Å². The standard InChI is InChI=1S/C12H13N3O/c1-12(2)6-11(15-16-12)8-3-4-9-7-13-14-10(9)5-8/h3-5,7H,6H2,1-2H3,(H,13,14). The summed E-state index contributed by atoms with van der Waals surface area (Å²) >= 11 is 0. The zero-order valence-corrected chi connectivity index (χ0v) is 9.32. The van der Waals surface area contributed by atoms with Gasteiger partial charge < -0.3 is 4.84 Å². The topological polar surface area (TPSA) is 50.3 Å². The van der Waals surface area contributed by atoms with E-state index in [1.807, 2.05) is 26.1 Å². The molecule has 1 aliphatic rings. The van der Waals surface area contributed by atoms with Crippen LogP contribution in [0.2, 0.25) is 0 Å². The number of aromatic amines is 1. The molecule has 0 saturated carbocycles. The molecule has 0 amide bonds. The highest BCUT2D eigenvalue weighted by Gasteiger charge is 2.29. The highest BCUT2D eigenvalue weighted by molar-refractivity contribution is 6.03. The van der Waals surface area contributed by atoms with Gasteiger partial charge in [-0.3, -0.25) is 5.10 Å². The van der Waals surface area contributed by atoms with E-state index in [1.165, 1.54) is 0 Å². The second kappa shape index (κ2) is 3.07. The molecule has 0 radical (unpaired) electrons. The Morgan fingerprint density at radius 3 is 3.00 bits per heavy atom. The van der Waals surface area contributed by atoms with Gasteiger partial charge in [0.1, 0.15) is 5.60 Å². The van der Waals surface area contributed by atoms with Gasteiger partial charge in [-0.1, -0.05) is 17.3 Å². The van der Waals surface area contributed by atoms with Crippen LogP contribution in [0.15, 0.2) is 29.6 Å². The van der Waals surface area contributed by atoms with E-state index in [1.54, 1.807) is 0 Å². The van der Waals surface area contributed by atoms with E-state index in [0.717, 1.165) is 28.6 Å². The van der Waals surface area contributed by atoms with Gasteiger partial charge in [-0.05, 0) is 19.9 Å². The Morgan fingerprint density at radius 1 is 1.38 bits per heavy atom. The smallest absolute Gasteiger partial charge is 0.137 e. The number of aromatic nitrogens is 2. The van der Waals surface area contributed by atoms with Crippen LogP contribution in [-0.2, 0) is 4.84 Å². The average molecular weight is 215 g/mol. The zero-order chi connectivity index (χ0) is 11.2. The van der Waals surface area contributed by atoms with Gasteiger partial charge >= 0.3 is 0 Å². The molecule has 4 heteroatoms. The molecule has 0 fully saturated rings. The fraction of sp³-hybridized carbons (Fsp3) is 0.333. The molecule has 0 unspecified atom stereocenters. The van der Waals surface area contributed by atoms with E-state index in [9.17, 15) is 0 Å². The minimum Gasteiger partial charge on any atom is -0.389 e. The molecule has 0 saturated heterocycles. The molecule has 0 bridgehead atoms. The maximum Gasteiger partial charge on any atom is 0.137 e. The van der Waals surface area contributed by atoms with Crippen LogP contribution in [0, 0.1) is 0 Å². The second-order valence-corrected chi connectivity index (χ2v) is 4.74. The Hall–Kier alpha value is -1.84. The van der Waals surface area contributed by atoms with Crippen molar-refractivity contribution in [2.75, 3.05) is 0 Å². The Kier molecular flexibility index (Phi) is 1.80. The maximum absolute atomic E-state index is 5.36. The lowest BCUT2D eigenvalue weighted by Crippen LogP contribution is -2.19. The maximum atomic E-state index is 5.36. The number of hydrogen-bond acceptors (Lipinski definition) is 3. The van der Waals surface area contributed by atoms with Gasteiger partial charge in [-0.15, -0.1) is 0 Å². The van der Waals surface area contributed by atoms with Crippen LogP contribution in [0.1, 0.15) is 25.8 Å². The monoisotopic (exact) mass is 215 g/mol. The van der Waals surface area contributed by atoms with Crippen LogP contribution in [0.3, 0.4) is 0 Å². The summed E-state index contributed by atoms with van der Waals surface area (Å²) in [5, 5.41) is 12.2. The van der Waals surface area contributed by atoms with Crippen LogP contribution in [0.25, 0.3) is 10.9 Å². The summed E-state index contributed by atoms with van der Waals surface area (Å²) in [5.74, 6) is 0. The lowest BCUT2D eigenvalue weighted by molar-refractivity contribution is 0.0123. The molecule has 82 valence electrons. The van der Waals surface area contributed by atoms with E-state index in [4.69, 9.17) is 4.84 Å². The first-order valence-corrected chi connectivity index (χ1v) is 5.33. The van der Waals surface area contributed by atoms with E-state index < -0.39 is 0 Å². The summed E-state index contributed by atoms with van der Waals surface area (Å²) in [4.78, 5) is 5.36. The number of fused-ring (bicyclic) bond motifs is 1. The number of hydrogen-bond donors (Lipinski definition) is 1. The molecule has 3 rings (SSSR count). The van der Waals surface area contributed by atoms with Crippen LogP contribution in [0.4, 0.5) is 0 Å². The Morgan fingerprint density at radius 2 is 2.25 bits per heavy atom. The minimum absolute atomic E-state index is 0.182. The molecular weight excluding hydrogens is 202 g/mol. The molecule has 2 heterocycles. The molecule has 16 heavy (non-hydrogen) atoms. The van der Waals surface area contributed by atoms with Crippen molar-refractivity contribution in [1.82, 2.24) is 10.2 Å². The number of nitrogens with zero attached hydrogens (tertiary/aromatic N) is 2. The summed E-state index contributed by atoms with van der Waals surface area (Å²) in [5.41, 5.74) is 2.95. The lowest BCUT2D eigenvalue weighted by atomic mass is 9.97. The van der Waals surface area contributed by atoms with E-state index in [0.29, 0.717) is 0 Å². The zero-order valence-electron chi connectivity index (χ0n) is 9.32. The molecule has 4 nitrogen and oxygen atoms in total. The second-order valence-electron chi connectivity index (χ2n) is 4.74. The van der Waals surface area contributed by atoms with E-state index in [-0.39, 0.29) is 5.60 Å². The van der Waals surface area contributed by atoms with E-state index >= 15 is 0 Å². The molecule has 1 aromatic heterocycles. The molecule has 1 N–H and O–H groups in total. The molecule has 2 aromatic rings. The summed E-state index contributed by atoms with van der Waals surface area (Å²) in [7, 11) is 0. The molecule has 0 spiro atoms. The lowest BCUT2D eigenvalue weighted by Gasteiger charge is -2.13. The highest BCUT2D eigenvalue weighted by atomic mass is 16.7. The summed E-state index contributed by atoms with van der Waals surface area (Å²) in [6, 6.07) is 6.16. The number of rotatable bonds is 1. The first-order valence-electron chi connectivity index (χ1n) is 5.33. The molecule has 0 atom stereocenters. The highest BCUT2D eigenvalue weighted by Crippen LogP contribution is 2.26. The summed E-state index contributed by atoms with van der Waals surface area (Å²) in [6.07, 6.45) is 2.66. The summed E-state index contributed by atoms with van der Waals surface area (Å²) in [6.45, 7) is 4.08. The molecular formula is C12H13N3O. The van der Waals surface area contributed by atoms with Gasteiger partial charge in [0.25, 0.3) is 0 Å². The average Bonchev–Trinajstić information content (AvgIpc) is 2.82. The van der Waals surface area contributed by atoms with Gasteiger partial charge in [0.15, 0.2) is 0 Å². The largest absolute Gasteiger partial charge is 0.389 e. The van der Waals surface area contributed by atoms with Gasteiger partial charge in [0, 0.05) is 17.4 Å². The van der Waals surface area contributed by atoms with Crippen molar-refractivity contribution in [1.29, 1.82) is 0 Å². The van der Waals surface area contributed by atoms with Crippen LogP contribution in [0.5, 0.6) is 0 Å². The minimum atomic E-state index is -0.182. The molecule has 0 aliphatic carbocycles. The fourth-order valence-electron chi connectivity index (χ4n) is 1.92. The number of benzene rings is 1. The molecule has 1 aromatic carbocycles. The third-order valence-electron chi connectivity index (χ3n) is 2.77.